The average molecular weight is 273 g/mol. The molecule has 0 bridgehead atoms. The van der Waals surface area contributed by atoms with Gasteiger partial charge in [0.1, 0.15) is 11.5 Å². The van der Waals surface area contributed by atoms with Gasteiger partial charge in [-0.2, -0.15) is 4.98 Å². The lowest BCUT2D eigenvalue weighted by atomic mass is 10.1. The summed E-state index contributed by atoms with van der Waals surface area (Å²) in [5, 5.41) is 0.178. The Labute approximate surface area is 95.0 Å². The van der Waals surface area contributed by atoms with E-state index in [1.807, 2.05) is 31.2 Å². The fourth-order valence-electron chi connectivity index (χ4n) is 1.27. The van der Waals surface area contributed by atoms with Crippen LogP contribution in [0.1, 0.15) is 5.76 Å². The summed E-state index contributed by atoms with van der Waals surface area (Å²) in [6.45, 7) is 1.84. The van der Waals surface area contributed by atoms with Gasteiger partial charge in [0, 0.05) is 10.0 Å². The molecule has 0 radical (unpaired) electrons. The van der Waals surface area contributed by atoms with Crippen molar-refractivity contribution < 1.29 is 4.42 Å². The first kappa shape index (κ1) is 9.74. The van der Waals surface area contributed by atoms with Crippen molar-refractivity contribution in [3.05, 3.63) is 39.8 Å². The summed E-state index contributed by atoms with van der Waals surface area (Å²) in [5.41, 5.74) is 1.78. The molecule has 1 heterocycles. The minimum Gasteiger partial charge on any atom is -0.432 e. The maximum atomic E-state index is 5.67. The smallest absolute Gasteiger partial charge is 0.292 e. The number of hydrogen-bond donors (Lipinski definition) is 0. The Kier molecular flexibility index (Phi) is 2.61. The summed E-state index contributed by atoms with van der Waals surface area (Å²) < 4.78 is 6.16. The molecule has 0 unspecified atom stereocenters. The molecule has 0 fully saturated rings. The van der Waals surface area contributed by atoms with Crippen molar-refractivity contribution in [3.8, 4) is 11.3 Å². The molecule has 0 atom stereocenters. The largest absolute Gasteiger partial charge is 0.432 e. The SMILES string of the molecule is Cc1oc(Cl)nc1-c1cccc(Br)c1. The van der Waals surface area contributed by atoms with Crippen molar-refractivity contribution in [1.82, 2.24) is 4.98 Å². The lowest BCUT2D eigenvalue weighted by Gasteiger charge is -1.97. The Hall–Kier alpha value is -0.800. The summed E-state index contributed by atoms with van der Waals surface area (Å²) in [5.74, 6) is 0.730. The first-order valence-electron chi connectivity index (χ1n) is 4.05. The van der Waals surface area contributed by atoms with E-state index in [0.29, 0.717) is 0 Å². The minimum atomic E-state index is 0.178. The molecule has 2 aromatic rings. The zero-order valence-electron chi connectivity index (χ0n) is 7.42. The van der Waals surface area contributed by atoms with Crippen molar-refractivity contribution >= 4 is 27.5 Å². The maximum absolute atomic E-state index is 5.67. The van der Waals surface area contributed by atoms with E-state index in [2.05, 4.69) is 20.9 Å². The molecule has 1 aromatic carbocycles. The van der Waals surface area contributed by atoms with Gasteiger partial charge in [-0.3, -0.25) is 0 Å². The molecule has 14 heavy (non-hydrogen) atoms. The highest BCUT2D eigenvalue weighted by molar-refractivity contribution is 9.10. The molecule has 1 aromatic heterocycles. The van der Waals surface area contributed by atoms with Gasteiger partial charge in [-0.1, -0.05) is 28.1 Å². The predicted molar refractivity (Wildman–Crippen MR) is 59.4 cm³/mol. The highest BCUT2D eigenvalue weighted by Crippen LogP contribution is 2.27. The molecule has 0 spiro atoms. The third-order valence-corrected chi connectivity index (χ3v) is 2.52. The van der Waals surface area contributed by atoms with E-state index in [-0.39, 0.29) is 5.35 Å². The van der Waals surface area contributed by atoms with Gasteiger partial charge in [0.15, 0.2) is 0 Å². The number of hydrogen-bond acceptors (Lipinski definition) is 2. The number of nitrogens with zero attached hydrogens (tertiary/aromatic N) is 1. The highest BCUT2D eigenvalue weighted by Gasteiger charge is 2.09. The van der Waals surface area contributed by atoms with Gasteiger partial charge in [-0.25, -0.2) is 0 Å². The molecular weight excluding hydrogens is 265 g/mol. The number of benzene rings is 1. The lowest BCUT2D eigenvalue weighted by Crippen LogP contribution is -1.79. The molecule has 4 heteroatoms. The predicted octanol–water partition coefficient (Wildman–Crippen LogP) is 4.07. The van der Waals surface area contributed by atoms with E-state index in [1.54, 1.807) is 0 Å². The van der Waals surface area contributed by atoms with Gasteiger partial charge >= 0.3 is 0 Å². The number of aromatic nitrogens is 1. The highest BCUT2D eigenvalue weighted by atomic mass is 79.9. The van der Waals surface area contributed by atoms with Crippen molar-refractivity contribution in [2.75, 3.05) is 0 Å². The maximum Gasteiger partial charge on any atom is 0.292 e. The molecular formula is C10H7BrClNO. The molecule has 0 aliphatic carbocycles. The van der Waals surface area contributed by atoms with E-state index in [0.717, 1.165) is 21.5 Å². The Morgan fingerprint density at radius 1 is 1.43 bits per heavy atom. The Morgan fingerprint density at radius 3 is 2.79 bits per heavy atom. The molecule has 0 saturated heterocycles. The first-order chi connectivity index (χ1) is 6.66. The van der Waals surface area contributed by atoms with Gasteiger partial charge in [0.05, 0.1) is 0 Å². The van der Waals surface area contributed by atoms with E-state index >= 15 is 0 Å². The molecule has 0 N–H and O–H groups in total. The lowest BCUT2D eigenvalue weighted by molar-refractivity contribution is 0.530. The summed E-state index contributed by atoms with van der Waals surface area (Å²) in [6, 6.07) is 7.84. The van der Waals surface area contributed by atoms with Crippen LogP contribution in [0.15, 0.2) is 33.2 Å². The van der Waals surface area contributed by atoms with Gasteiger partial charge in [-0.15, -0.1) is 0 Å². The van der Waals surface area contributed by atoms with E-state index in [4.69, 9.17) is 16.0 Å². The van der Waals surface area contributed by atoms with E-state index < -0.39 is 0 Å². The summed E-state index contributed by atoms with van der Waals surface area (Å²) in [7, 11) is 0. The first-order valence-corrected chi connectivity index (χ1v) is 5.23. The zero-order valence-corrected chi connectivity index (χ0v) is 9.76. The van der Waals surface area contributed by atoms with Crippen LogP contribution in [0.5, 0.6) is 0 Å². The number of rotatable bonds is 1. The number of halogens is 2. The minimum absolute atomic E-state index is 0.178. The molecule has 0 amide bonds. The second-order valence-corrected chi connectivity index (χ2v) is 4.12. The number of oxazole rings is 1. The third kappa shape index (κ3) is 1.83. The zero-order chi connectivity index (χ0) is 10.1. The quantitative estimate of drug-likeness (QED) is 0.782. The van der Waals surface area contributed by atoms with Crippen molar-refractivity contribution in [3.63, 3.8) is 0 Å². The molecule has 2 rings (SSSR count). The van der Waals surface area contributed by atoms with Crippen LogP contribution in [0.3, 0.4) is 0 Å². The Morgan fingerprint density at radius 2 is 2.21 bits per heavy atom. The van der Waals surface area contributed by atoms with Crippen LogP contribution >= 0.6 is 27.5 Å². The van der Waals surface area contributed by atoms with Crippen LogP contribution in [-0.4, -0.2) is 4.98 Å². The second kappa shape index (κ2) is 3.75. The summed E-state index contributed by atoms with van der Waals surface area (Å²) in [6.07, 6.45) is 0. The van der Waals surface area contributed by atoms with Crippen LogP contribution in [0.4, 0.5) is 0 Å². The van der Waals surface area contributed by atoms with Crippen LogP contribution < -0.4 is 0 Å². The second-order valence-electron chi connectivity index (χ2n) is 2.88. The fraction of sp³-hybridized carbons (Fsp3) is 0.100. The van der Waals surface area contributed by atoms with Gasteiger partial charge < -0.3 is 4.42 Å². The van der Waals surface area contributed by atoms with Gasteiger partial charge in [0.2, 0.25) is 0 Å². The van der Waals surface area contributed by atoms with E-state index in [1.165, 1.54) is 0 Å². The van der Waals surface area contributed by atoms with E-state index in [9.17, 15) is 0 Å². The monoisotopic (exact) mass is 271 g/mol. The van der Waals surface area contributed by atoms with Crippen LogP contribution in [0.2, 0.25) is 5.35 Å². The Balaban J connectivity index is 2.54. The summed E-state index contributed by atoms with van der Waals surface area (Å²) >= 11 is 9.07. The van der Waals surface area contributed by atoms with Crippen molar-refractivity contribution in [2.45, 2.75) is 6.92 Å². The number of aryl methyl sites for hydroxylation is 1. The standard InChI is InChI=1S/C10H7BrClNO/c1-6-9(13-10(12)14-6)7-3-2-4-8(11)5-7/h2-5H,1H3. The molecule has 2 nitrogen and oxygen atoms in total. The fourth-order valence-corrected chi connectivity index (χ4v) is 1.87. The topological polar surface area (TPSA) is 26.0 Å². The molecule has 0 saturated carbocycles. The van der Waals surface area contributed by atoms with Crippen LogP contribution in [0.25, 0.3) is 11.3 Å². The van der Waals surface area contributed by atoms with Gasteiger partial charge in [-0.05, 0) is 30.7 Å². The van der Waals surface area contributed by atoms with Gasteiger partial charge in [0.25, 0.3) is 5.35 Å². The third-order valence-electron chi connectivity index (χ3n) is 1.87. The van der Waals surface area contributed by atoms with Crippen molar-refractivity contribution in [1.29, 1.82) is 0 Å². The van der Waals surface area contributed by atoms with Crippen LogP contribution in [0, 0.1) is 6.92 Å². The summed E-state index contributed by atoms with van der Waals surface area (Å²) in [4.78, 5) is 4.10. The molecule has 72 valence electrons. The Bertz CT molecular complexity index is 467. The average Bonchev–Trinajstić information content (AvgIpc) is 2.45. The normalized spacial score (nSPS) is 10.5. The molecule has 0 aliphatic rings. The van der Waals surface area contributed by atoms with Crippen LogP contribution in [-0.2, 0) is 0 Å². The van der Waals surface area contributed by atoms with Crippen molar-refractivity contribution in [2.24, 2.45) is 0 Å². The molecule has 0 aliphatic heterocycles.